The van der Waals surface area contributed by atoms with Crippen molar-refractivity contribution in [3.8, 4) is 5.75 Å². The normalized spacial score (nSPS) is 26.1. The maximum atomic E-state index is 13.2. The first-order chi connectivity index (χ1) is 14.3. The third kappa shape index (κ3) is 3.70. The predicted octanol–water partition coefficient (Wildman–Crippen LogP) is 3.21. The van der Waals surface area contributed by atoms with Gasteiger partial charge in [-0.2, -0.15) is 0 Å². The highest BCUT2D eigenvalue weighted by atomic mass is 16.5. The van der Waals surface area contributed by atoms with Crippen molar-refractivity contribution >= 4 is 11.7 Å². The van der Waals surface area contributed by atoms with Crippen molar-refractivity contribution in [2.45, 2.75) is 24.9 Å². The minimum absolute atomic E-state index is 0.0252. The van der Waals surface area contributed by atoms with Crippen LogP contribution in [0, 0.1) is 5.92 Å². The van der Waals surface area contributed by atoms with Gasteiger partial charge < -0.3 is 25.0 Å². The summed E-state index contributed by atoms with van der Waals surface area (Å²) in [6, 6.07) is 16.6. The average molecular weight is 393 g/mol. The third-order valence-electron chi connectivity index (χ3n) is 6.33. The molecular formula is C23H27N3O3. The van der Waals surface area contributed by atoms with Gasteiger partial charge in [0.1, 0.15) is 12.4 Å². The number of likely N-dealkylation sites (tertiary alicyclic amines) is 1. The van der Waals surface area contributed by atoms with E-state index in [1.807, 2.05) is 29.2 Å². The third-order valence-corrected chi connectivity index (χ3v) is 6.33. The van der Waals surface area contributed by atoms with Crippen molar-refractivity contribution in [3.63, 3.8) is 0 Å². The van der Waals surface area contributed by atoms with E-state index in [4.69, 9.17) is 9.47 Å². The molecule has 0 saturated carbocycles. The molecule has 3 heterocycles. The second-order valence-electron chi connectivity index (χ2n) is 8.04. The number of benzene rings is 2. The molecule has 3 atom stereocenters. The van der Waals surface area contributed by atoms with Crippen molar-refractivity contribution < 1.29 is 14.3 Å². The second-order valence-corrected chi connectivity index (χ2v) is 8.04. The van der Waals surface area contributed by atoms with Crippen LogP contribution in [-0.2, 0) is 11.3 Å². The fourth-order valence-corrected chi connectivity index (χ4v) is 4.88. The lowest BCUT2D eigenvalue weighted by molar-refractivity contribution is 0.0272. The number of rotatable bonds is 2. The predicted molar refractivity (Wildman–Crippen MR) is 111 cm³/mol. The molecule has 6 heteroatoms. The zero-order valence-electron chi connectivity index (χ0n) is 16.5. The molecule has 0 radical (unpaired) electrons. The number of carbonyl (C=O) groups excluding carboxylic acids is 1. The number of urea groups is 1. The molecule has 29 heavy (non-hydrogen) atoms. The Morgan fingerprint density at radius 1 is 1.14 bits per heavy atom. The SMILES string of the molecule is O=C(Nc1ccc2c(c1)CNCCO2)N1CC(c2ccccc2)C2COCCC21. The molecule has 2 saturated heterocycles. The fraction of sp³-hybridized carbons (Fsp3) is 0.435. The molecule has 3 unspecified atom stereocenters. The van der Waals surface area contributed by atoms with Crippen LogP contribution in [0.4, 0.5) is 10.5 Å². The van der Waals surface area contributed by atoms with Gasteiger partial charge in [-0.1, -0.05) is 30.3 Å². The van der Waals surface area contributed by atoms with Gasteiger partial charge in [0.2, 0.25) is 0 Å². The van der Waals surface area contributed by atoms with Crippen molar-refractivity contribution in [2.24, 2.45) is 5.92 Å². The standard InChI is InChI=1S/C23H27N3O3/c27-23(25-18-6-7-22-17(12-18)13-24-9-11-29-22)26-14-19(16-4-2-1-3-5-16)20-15-28-10-8-21(20)26/h1-7,12,19-21,24H,8-11,13-15H2,(H,25,27). The Bertz CT molecular complexity index is 873. The molecule has 6 nitrogen and oxygen atoms in total. The number of carbonyl (C=O) groups is 1. The molecule has 0 spiro atoms. The number of ether oxygens (including phenoxy) is 2. The van der Waals surface area contributed by atoms with Gasteiger partial charge in [-0.3, -0.25) is 0 Å². The van der Waals surface area contributed by atoms with Gasteiger partial charge in [-0.05, 0) is 30.2 Å². The van der Waals surface area contributed by atoms with Gasteiger partial charge in [-0.25, -0.2) is 4.79 Å². The lowest BCUT2D eigenvalue weighted by Gasteiger charge is -2.32. The topological polar surface area (TPSA) is 62.8 Å². The first-order valence-electron chi connectivity index (χ1n) is 10.5. The molecule has 0 aliphatic carbocycles. The lowest BCUT2D eigenvalue weighted by Crippen LogP contribution is -2.44. The van der Waals surface area contributed by atoms with E-state index in [-0.39, 0.29) is 12.1 Å². The molecule has 2 fully saturated rings. The van der Waals surface area contributed by atoms with Gasteiger partial charge >= 0.3 is 6.03 Å². The summed E-state index contributed by atoms with van der Waals surface area (Å²) in [7, 11) is 0. The summed E-state index contributed by atoms with van der Waals surface area (Å²) in [5.41, 5.74) is 3.18. The number of nitrogens with one attached hydrogen (secondary N) is 2. The highest BCUT2D eigenvalue weighted by Gasteiger charge is 2.45. The van der Waals surface area contributed by atoms with Gasteiger partial charge in [0.15, 0.2) is 0 Å². The summed E-state index contributed by atoms with van der Waals surface area (Å²) in [6.07, 6.45) is 0.892. The van der Waals surface area contributed by atoms with Crippen LogP contribution in [-0.4, -0.2) is 49.9 Å². The van der Waals surface area contributed by atoms with E-state index in [0.29, 0.717) is 25.0 Å². The van der Waals surface area contributed by atoms with E-state index in [0.717, 1.165) is 49.7 Å². The molecule has 0 bridgehead atoms. The largest absolute Gasteiger partial charge is 0.492 e. The van der Waals surface area contributed by atoms with Crippen LogP contribution in [0.5, 0.6) is 5.75 Å². The monoisotopic (exact) mass is 393 g/mol. The number of anilines is 1. The van der Waals surface area contributed by atoms with Gasteiger partial charge in [0.25, 0.3) is 0 Å². The maximum absolute atomic E-state index is 13.2. The van der Waals surface area contributed by atoms with Gasteiger partial charge in [-0.15, -0.1) is 0 Å². The average Bonchev–Trinajstić information content (AvgIpc) is 2.99. The quantitative estimate of drug-likeness (QED) is 0.823. The van der Waals surface area contributed by atoms with E-state index < -0.39 is 0 Å². The maximum Gasteiger partial charge on any atom is 0.322 e. The van der Waals surface area contributed by atoms with E-state index in [1.165, 1.54) is 5.56 Å². The summed E-state index contributed by atoms with van der Waals surface area (Å²) in [5, 5.41) is 6.46. The first-order valence-corrected chi connectivity index (χ1v) is 10.5. The highest BCUT2D eigenvalue weighted by Crippen LogP contribution is 2.41. The highest BCUT2D eigenvalue weighted by molar-refractivity contribution is 5.90. The second kappa shape index (κ2) is 8.05. The van der Waals surface area contributed by atoms with E-state index >= 15 is 0 Å². The Balaban J connectivity index is 1.34. The molecule has 2 N–H and O–H groups in total. The first kappa shape index (κ1) is 18.5. The Morgan fingerprint density at radius 2 is 2.03 bits per heavy atom. The molecule has 2 aromatic carbocycles. The Kier molecular flexibility index (Phi) is 5.12. The molecule has 2 aromatic rings. The van der Waals surface area contributed by atoms with Crippen LogP contribution in [0.3, 0.4) is 0 Å². The van der Waals surface area contributed by atoms with Crippen molar-refractivity contribution in [2.75, 3.05) is 38.2 Å². The number of nitrogens with zero attached hydrogens (tertiary/aromatic N) is 1. The van der Waals surface area contributed by atoms with Gasteiger partial charge in [0.05, 0.1) is 6.61 Å². The minimum atomic E-state index is -0.0252. The molecule has 152 valence electrons. The summed E-state index contributed by atoms with van der Waals surface area (Å²) in [6.45, 7) is 4.41. The Morgan fingerprint density at radius 3 is 2.93 bits per heavy atom. The minimum Gasteiger partial charge on any atom is -0.492 e. The van der Waals surface area contributed by atoms with Crippen molar-refractivity contribution in [1.82, 2.24) is 10.2 Å². The fourth-order valence-electron chi connectivity index (χ4n) is 4.88. The number of hydrogen-bond acceptors (Lipinski definition) is 4. The number of amides is 2. The smallest absolute Gasteiger partial charge is 0.322 e. The molecule has 0 aromatic heterocycles. The molecule has 3 aliphatic heterocycles. The van der Waals surface area contributed by atoms with Crippen LogP contribution in [0.1, 0.15) is 23.5 Å². The lowest BCUT2D eigenvalue weighted by atomic mass is 9.84. The molecular weight excluding hydrogens is 366 g/mol. The van der Waals surface area contributed by atoms with Crippen molar-refractivity contribution in [3.05, 3.63) is 59.7 Å². The van der Waals surface area contributed by atoms with Crippen LogP contribution in [0.15, 0.2) is 48.5 Å². The molecule has 3 aliphatic rings. The summed E-state index contributed by atoms with van der Waals surface area (Å²) in [5.74, 6) is 1.56. The molecule has 5 rings (SSSR count). The van der Waals surface area contributed by atoms with E-state index in [1.54, 1.807) is 0 Å². The van der Waals surface area contributed by atoms with E-state index in [9.17, 15) is 4.79 Å². The van der Waals surface area contributed by atoms with Crippen molar-refractivity contribution in [1.29, 1.82) is 0 Å². The summed E-state index contributed by atoms with van der Waals surface area (Å²) >= 11 is 0. The van der Waals surface area contributed by atoms with Crippen LogP contribution < -0.4 is 15.4 Å². The van der Waals surface area contributed by atoms with E-state index in [2.05, 4.69) is 34.9 Å². The zero-order valence-corrected chi connectivity index (χ0v) is 16.5. The number of fused-ring (bicyclic) bond motifs is 2. The summed E-state index contributed by atoms with van der Waals surface area (Å²) in [4.78, 5) is 15.2. The van der Waals surface area contributed by atoms with Crippen LogP contribution in [0.25, 0.3) is 0 Å². The Labute approximate surface area is 171 Å². The molecule has 2 amide bonds. The van der Waals surface area contributed by atoms with Crippen LogP contribution >= 0.6 is 0 Å². The van der Waals surface area contributed by atoms with Gasteiger partial charge in [0, 0.05) is 55.4 Å². The van der Waals surface area contributed by atoms with Crippen LogP contribution in [0.2, 0.25) is 0 Å². The Hall–Kier alpha value is -2.57. The number of hydrogen-bond donors (Lipinski definition) is 2. The summed E-state index contributed by atoms with van der Waals surface area (Å²) < 4.78 is 11.5. The zero-order chi connectivity index (χ0) is 19.6.